The van der Waals surface area contributed by atoms with Gasteiger partial charge in [0.2, 0.25) is 0 Å². The van der Waals surface area contributed by atoms with Crippen LogP contribution in [0.1, 0.15) is 16.8 Å². The summed E-state index contributed by atoms with van der Waals surface area (Å²) in [4.78, 5) is 13.1. The highest BCUT2D eigenvalue weighted by Crippen LogP contribution is 2.16. The number of rotatable bonds is 4. The van der Waals surface area contributed by atoms with E-state index in [0.29, 0.717) is 31.0 Å². The number of esters is 1. The van der Waals surface area contributed by atoms with Gasteiger partial charge in [-0.2, -0.15) is 0 Å². The van der Waals surface area contributed by atoms with Gasteiger partial charge in [-0.15, -0.1) is 0 Å². The summed E-state index contributed by atoms with van der Waals surface area (Å²) in [7, 11) is 1.34. The molecule has 4 nitrogen and oxygen atoms in total. The lowest BCUT2D eigenvalue weighted by atomic mass is 10.2. The van der Waals surface area contributed by atoms with Gasteiger partial charge in [-0.1, -0.05) is 0 Å². The first-order chi connectivity index (χ1) is 8.69. The molecule has 0 N–H and O–H groups in total. The van der Waals surface area contributed by atoms with Gasteiger partial charge in [0.05, 0.1) is 12.7 Å². The number of hydrogen-bond donors (Lipinski definition) is 0. The van der Waals surface area contributed by atoms with Crippen LogP contribution in [-0.2, 0) is 4.74 Å². The Labute approximate surface area is 105 Å². The van der Waals surface area contributed by atoms with Gasteiger partial charge in [0.1, 0.15) is 18.7 Å². The van der Waals surface area contributed by atoms with Crippen molar-refractivity contribution >= 4 is 5.97 Å². The van der Waals surface area contributed by atoms with Crippen LogP contribution in [0.2, 0.25) is 0 Å². The molecule has 1 saturated heterocycles. The minimum Gasteiger partial charge on any atom is -0.478 e. The van der Waals surface area contributed by atoms with Gasteiger partial charge in [0.15, 0.2) is 0 Å². The zero-order valence-corrected chi connectivity index (χ0v) is 10.3. The van der Waals surface area contributed by atoms with E-state index in [1.807, 2.05) is 4.90 Å². The Hall–Kier alpha value is -1.62. The van der Waals surface area contributed by atoms with Crippen molar-refractivity contribution in [3.05, 3.63) is 29.8 Å². The van der Waals surface area contributed by atoms with E-state index in [1.165, 1.54) is 7.11 Å². The Balaban J connectivity index is 1.85. The zero-order valence-electron chi connectivity index (χ0n) is 10.3. The van der Waals surface area contributed by atoms with E-state index in [4.69, 9.17) is 4.74 Å². The molecule has 0 amide bonds. The second-order valence-corrected chi connectivity index (χ2v) is 4.25. The Morgan fingerprint density at radius 2 is 2.17 bits per heavy atom. The molecule has 1 fully saturated rings. The van der Waals surface area contributed by atoms with E-state index in [9.17, 15) is 9.18 Å². The first-order valence-electron chi connectivity index (χ1n) is 5.86. The molecule has 0 unspecified atom stereocenters. The van der Waals surface area contributed by atoms with Crippen molar-refractivity contribution in [2.45, 2.75) is 12.6 Å². The van der Waals surface area contributed by atoms with Gasteiger partial charge in [0.25, 0.3) is 0 Å². The molecule has 98 valence electrons. The number of nitrogens with zero attached hydrogens (tertiary/aromatic N) is 1. The summed E-state index contributed by atoms with van der Waals surface area (Å²) in [5, 5.41) is 0. The molecular formula is C13H16FNO3. The van der Waals surface area contributed by atoms with Gasteiger partial charge in [-0.25, -0.2) is 9.18 Å². The van der Waals surface area contributed by atoms with E-state index < -0.39 is 6.17 Å². The topological polar surface area (TPSA) is 38.8 Å². The lowest BCUT2D eigenvalue weighted by molar-refractivity contribution is 0.0600. The molecule has 1 heterocycles. The highest BCUT2D eigenvalue weighted by molar-refractivity contribution is 5.89. The van der Waals surface area contributed by atoms with Crippen molar-refractivity contribution in [1.29, 1.82) is 0 Å². The molecule has 0 aliphatic carbocycles. The normalized spacial score (nSPS) is 19.8. The summed E-state index contributed by atoms with van der Waals surface area (Å²) in [5.41, 5.74) is 0.481. The molecule has 0 bridgehead atoms. The monoisotopic (exact) mass is 253 g/mol. The Morgan fingerprint density at radius 1 is 1.44 bits per heavy atom. The van der Waals surface area contributed by atoms with Crippen LogP contribution < -0.4 is 4.74 Å². The summed E-state index contributed by atoms with van der Waals surface area (Å²) in [6.07, 6.45) is -0.166. The predicted octanol–water partition coefficient (Wildman–Crippen LogP) is 1.85. The number of hydrogen-bond acceptors (Lipinski definition) is 4. The van der Waals surface area contributed by atoms with E-state index in [2.05, 4.69) is 4.74 Å². The number of methoxy groups -OCH3 is 1. The molecule has 0 aromatic heterocycles. The summed E-state index contributed by atoms with van der Waals surface area (Å²) in [6.45, 7) is 1.53. The number of benzene rings is 1. The van der Waals surface area contributed by atoms with E-state index in [0.717, 1.165) is 6.54 Å². The SMILES string of the molecule is COC(=O)c1ccc(OCN2CC[C@H](F)C2)cc1. The number of likely N-dealkylation sites (tertiary alicyclic amines) is 1. The molecule has 0 saturated carbocycles. The number of carbonyl (C=O) groups excluding carboxylic acids is 1. The van der Waals surface area contributed by atoms with Crippen LogP contribution in [0, 0.1) is 0 Å². The Bertz CT molecular complexity index is 407. The van der Waals surface area contributed by atoms with Gasteiger partial charge >= 0.3 is 5.97 Å². The average Bonchev–Trinajstić information content (AvgIpc) is 2.82. The third-order valence-electron chi connectivity index (χ3n) is 2.90. The highest BCUT2D eigenvalue weighted by Gasteiger charge is 2.21. The van der Waals surface area contributed by atoms with Gasteiger partial charge < -0.3 is 9.47 Å². The van der Waals surface area contributed by atoms with Crippen LogP contribution in [-0.4, -0.2) is 44.0 Å². The van der Waals surface area contributed by atoms with Crippen molar-refractivity contribution in [1.82, 2.24) is 4.90 Å². The third-order valence-corrected chi connectivity index (χ3v) is 2.90. The van der Waals surface area contributed by atoms with E-state index in [-0.39, 0.29) is 5.97 Å². The van der Waals surface area contributed by atoms with Crippen molar-refractivity contribution in [3.8, 4) is 5.75 Å². The van der Waals surface area contributed by atoms with Gasteiger partial charge in [-0.05, 0) is 30.7 Å². The number of ether oxygens (including phenoxy) is 2. The lowest BCUT2D eigenvalue weighted by Crippen LogP contribution is -2.25. The molecule has 0 spiro atoms. The summed E-state index contributed by atoms with van der Waals surface area (Å²) in [6, 6.07) is 6.69. The van der Waals surface area contributed by atoms with Crippen molar-refractivity contribution in [2.75, 3.05) is 26.9 Å². The van der Waals surface area contributed by atoms with Crippen molar-refractivity contribution in [3.63, 3.8) is 0 Å². The molecule has 0 radical (unpaired) electrons. The van der Waals surface area contributed by atoms with Crippen LogP contribution in [0.25, 0.3) is 0 Å². The smallest absolute Gasteiger partial charge is 0.337 e. The first kappa shape index (κ1) is 12.8. The van der Waals surface area contributed by atoms with E-state index >= 15 is 0 Å². The van der Waals surface area contributed by atoms with Crippen LogP contribution in [0.3, 0.4) is 0 Å². The molecule has 5 heteroatoms. The first-order valence-corrected chi connectivity index (χ1v) is 5.86. The standard InChI is InChI=1S/C13H16FNO3/c1-17-13(16)10-2-4-12(5-3-10)18-9-15-7-6-11(14)8-15/h2-5,11H,6-9H2,1H3/t11-/m0/s1. The average molecular weight is 253 g/mol. The minimum atomic E-state index is -0.740. The molecule has 2 rings (SSSR count). The Morgan fingerprint density at radius 3 is 2.72 bits per heavy atom. The maximum Gasteiger partial charge on any atom is 0.337 e. The molecule has 1 aliphatic rings. The Kier molecular flexibility index (Phi) is 4.15. The third kappa shape index (κ3) is 3.20. The zero-order chi connectivity index (χ0) is 13.0. The molecule has 1 aromatic carbocycles. The molecule has 18 heavy (non-hydrogen) atoms. The summed E-state index contributed by atoms with van der Waals surface area (Å²) >= 11 is 0. The predicted molar refractivity (Wildman–Crippen MR) is 64.4 cm³/mol. The second-order valence-electron chi connectivity index (χ2n) is 4.25. The quantitative estimate of drug-likeness (QED) is 0.768. The summed E-state index contributed by atoms with van der Waals surface area (Å²) < 4.78 is 23.0. The minimum absolute atomic E-state index is 0.373. The number of alkyl halides is 1. The fraction of sp³-hybridized carbons (Fsp3) is 0.462. The molecule has 1 atom stereocenters. The summed E-state index contributed by atoms with van der Waals surface area (Å²) in [5.74, 6) is 0.284. The largest absolute Gasteiger partial charge is 0.478 e. The van der Waals surface area contributed by atoms with Gasteiger partial charge in [-0.3, -0.25) is 4.90 Å². The molecule has 1 aromatic rings. The number of halogens is 1. The second kappa shape index (κ2) is 5.82. The van der Waals surface area contributed by atoms with Crippen molar-refractivity contribution < 1.29 is 18.7 Å². The maximum atomic E-state index is 12.9. The van der Waals surface area contributed by atoms with E-state index in [1.54, 1.807) is 24.3 Å². The fourth-order valence-corrected chi connectivity index (χ4v) is 1.87. The van der Waals surface area contributed by atoms with Crippen LogP contribution in [0.5, 0.6) is 5.75 Å². The van der Waals surface area contributed by atoms with Crippen LogP contribution in [0.15, 0.2) is 24.3 Å². The molecule has 1 aliphatic heterocycles. The van der Waals surface area contributed by atoms with Gasteiger partial charge in [0, 0.05) is 13.1 Å². The molecular weight excluding hydrogens is 237 g/mol. The van der Waals surface area contributed by atoms with Crippen LogP contribution in [0.4, 0.5) is 4.39 Å². The fourth-order valence-electron chi connectivity index (χ4n) is 1.87. The maximum absolute atomic E-state index is 12.9. The van der Waals surface area contributed by atoms with Crippen molar-refractivity contribution in [2.24, 2.45) is 0 Å². The van der Waals surface area contributed by atoms with Crippen LogP contribution >= 0.6 is 0 Å². The lowest BCUT2D eigenvalue weighted by Gasteiger charge is -2.15. The highest BCUT2D eigenvalue weighted by atomic mass is 19.1. The number of carbonyl (C=O) groups is 1.